The number of rotatable bonds is 4. The van der Waals surface area contributed by atoms with Crippen molar-refractivity contribution in [2.45, 2.75) is 27.0 Å². The van der Waals surface area contributed by atoms with Crippen LogP contribution < -0.4 is 11.2 Å². The highest BCUT2D eigenvalue weighted by Gasteiger charge is 2.11. The zero-order valence-electron chi connectivity index (χ0n) is 13.9. The van der Waals surface area contributed by atoms with Crippen LogP contribution in [0.25, 0.3) is 11.0 Å². The molecular formula is C19H17NO5. The Labute approximate surface area is 143 Å². The average molecular weight is 339 g/mol. The quantitative estimate of drug-likeness (QED) is 0.538. The van der Waals surface area contributed by atoms with Crippen LogP contribution in [0.4, 0.5) is 0 Å². The van der Waals surface area contributed by atoms with Crippen molar-refractivity contribution in [1.82, 2.24) is 4.57 Å². The number of hydrogen-bond donors (Lipinski definition) is 0. The van der Waals surface area contributed by atoms with Gasteiger partial charge in [0.25, 0.3) is 5.56 Å². The largest absolute Gasteiger partial charge is 0.459 e. The lowest BCUT2D eigenvalue weighted by molar-refractivity contribution is -0.145. The van der Waals surface area contributed by atoms with Crippen LogP contribution in [0.1, 0.15) is 16.7 Å². The minimum Gasteiger partial charge on any atom is -0.459 e. The first-order valence-corrected chi connectivity index (χ1v) is 7.79. The third-order valence-electron chi connectivity index (χ3n) is 4.03. The second-order valence-electron chi connectivity index (χ2n) is 5.85. The predicted molar refractivity (Wildman–Crippen MR) is 92.5 cm³/mol. The maximum atomic E-state index is 12.0. The van der Waals surface area contributed by atoms with Crippen molar-refractivity contribution >= 4 is 16.9 Å². The number of hydrogen-bond acceptors (Lipinski definition) is 5. The molecule has 128 valence electrons. The highest BCUT2D eigenvalue weighted by molar-refractivity contribution is 5.82. The average Bonchev–Trinajstić information content (AvgIpc) is 2.56. The number of carbonyl (C=O) groups is 1. The van der Waals surface area contributed by atoms with Gasteiger partial charge >= 0.3 is 11.6 Å². The van der Waals surface area contributed by atoms with Gasteiger partial charge in [-0.25, -0.2) is 4.79 Å². The summed E-state index contributed by atoms with van der Waals surface area (Å²) in [5.41, 5.74) is 2.31. The number of fused-ring (bicyclic) bond motifs is 1. The smallest absolute Gasteiger partial charge is 0.336 e. The normalized spacial score (nSPS) is 10.8. The fourth-order valence-corrected chi connectivity index (χ4v) is 2.54. The molecular weight excluding hydrogens is 322 g/mol. The molecule has 0 atom stereocenters. The fraction of sp³-hybridized carbons (Fsp3) is 0.211. The third kappa shape index (κ3) is 3.68. The molecule has 3 aromatic rings. The minimum absolute atomic E-state index is 0.0645. The summed E-state index contributed by atoms with van der Waals surface area (Å²) in [5.74, 6) is -0.557. The summed E-state index contributed by atoms with van der Waals surface area (Å²) in [5, 5.41) is 0.729. The van der Waals surface area contributed by atoms with Crippen molar-refractivity contribution in [1.29, 1.82) is 0 Å². The van der Waals surface area contributed by atoms with E-state index in [4.69, 9.17) is 9.15 Å². The second-order valence-corrected chi connectivity index (χ2v) is 5.85. The lowest BCUT2D eigenvalue weighted by Crippen LogP contribution is -2.23. The maximum absolute atomic E-state index is 12.0. The number of aromatic nitrogens is 1. The van der Waals surface area contributed by atoms with Crippen molar-refractivity contribution in [3.63, 3.8) is 0 Å². The van der Waals surface area contributed by atoms with Gasteiger partial charge < -0.3 is 13.7 Å². The molecule has 0 amide bonds. The van der Waals surface area contributed by atoms with Crippen molar-refractivity contribution in [2.75, 3.05) is 0 Å². The molecule has 0 saturated heterocycles. The summed E-state index contributed by atoms with van der Waals surface area (Å²) >= 11 is 0. The molecule has 0 N–H and O–H groups in total. The molecule has 0 radical (unpaired) electrons. The highest BCUT2D eigenvalue weighted by atomic mass is 16.5. The number of pyridine rings is 1. The lowest BCUT2D eigenvalue weighted by atomic mass is 10.0. The van der Waals surface area contributed by atoms with Crippen molar-refractivity contribution in [2.24, 2.45) is 0 Å². The molecule has 6 heteroatoms. The van der Waals surface area contributed by atoms with Crippen LogP contribution in [-0.4, -0.2) is 10.5 Å². The zero-order chi connectivity index (χ0) is 18.0. The molecule has 0 unspecified atom stereocenters. The van der Waals surface area contributed by atoms with E-state index in [1.54, 1.807) is 18.2 Å². The number of benzene rings is 1. The van der Waals surface area contributed by atoms with Gasteiger partial charge in [0.05, 0.1) is 0 Å². The Bertz CT molecular complexity index is 1060. The first-order valence-electron chi connectivity index (χ1n) is 7.79. The Morgan fingerprint density at radius 3 is 2.64 bits per heavy atom. The number of ether oxygens (including phenoxy) is 1. The van der Waals surface area contributed by atoms with Gasteiger partial charge in [-0.1, -0.05) is 6.07 Å². The van der Waals surface area contributed by atoms with E-state index < -0.39 is 11.6 Å². The summed E-state index contributed by atoms with van der Waals surface area (Å²) in [6.07, 6.45) is 1.52. The van der Waals surface area contributed by atoms with Crippen molar-refractivity contribution in [3.8, 4) is 0 Å². The first kappa shape index (κ1) is 16.7. The molecule has 0 aliphatic heterocycles. The molecule has 0 aliphatic rings. The van der Waals surface area contributed by atoms with E-state index in [9.17, 15) is 14.4 Å². The number of nitrogens with zero attached hydrogens (tertiary/aromatic N) is 1. The Morgan fingerprint density at radius 2 is 1.88 bits per heavy atom. The van der Waals surface area contributed by atoms with Crippen LogP contribution in [0, 0.1) is 13.8 Å². The van der Waals surface area contributed by atoms with Gasteiger partial charge in [-0.2, -0.15) is 0 Å². The number of carbonyl (C=O) groups excluding carboxylic acids is 1. The van der Waals surface area contributed by atoms with E-state index in [-0.39, 0.29) is 18.7 Å². The van der Waals surface area contributed by atoms with Crippen molar-refractivity contribution < 1.29 is 13.9 Å². The number of esters is 1. The Balaban J connectivity index is 1.82. The molecule has 25 heavy (non-hydrogen) atoms. The first-order chi connectivity index (χ1) is 11.9. The Hall–Kier alpha value is -3.15. The van der Waals surface area contributed by atoms with Gasteiger partial charge in [0.15, 0.2) is 0 Å². The summed E-state index contributed by atoms with van der Waals surface area (Å²) in [7, 11) is 0. The molecule has 2 heterocycles. The lowest BCUT2D eigenvalue weighted by Gasteiger charge is -2.10. The molecule has 0 fully saturated rings. The number of aryl methyl sites for hydroxylation is 2. The van der Waals surface area contributed by atoms with Crippen LogP contribution in [0.5, 0.6) is 0 Å². The monoisotopic (exact) mass is 339 g/mol. The summed E-state index contributed by atoms with van der Waals surface area (Å²) < 4.78 is 11.7. The summed E-state index contributed by atoms with van der Waals surface area (Å²) in [6.45, 7) is 3.64. The predicted octanol–water partition coefficient (Wildman–Crippen LogP) is 2.31. The zero-order valence-corrected chi connectivity index (χ0v) is 13.9. The molecule has 0 spiro atoms. The van der Waals surface area contributed by atoms with Crippen molar-refractivity contribution in [3.05, 3.63) is 80.1 Å². The van der Waals surface area contributed by atoms with E-state index >= 15 is 0 Å². The van der Waals surface area contributed by atoms with Gasteiger partial charge in [-0.3, -0.25) is 9.59 Å². The summed E-state index contributed by atoms with van der Waals surface area (Å²) in [4.78, 5) is 35.3. The topological polar surface area (TPSA) is 78.5 Å². The molecule has 0 saturated carbocycles. The van der Waals surface area contributed by atoms with Crippen LogP contribution in [-0.2, 0) is 22.7 Å². The fourth-order valence-electron chi connectivity index (χ4n) is 2.54. The van der Waals surface area contributed by atoms with Gasteiger partial charge in [0, 0.05) is 29.3 Å². The molecule has 0 bridgehead atoms. The van der Waals surface area contributed by atoms with Gasteiger partial charge in [0.1, 0.15) is 18.7 Å². The van der Waals surface area contributed by atoms with Crippen LogP contribution in [0.15, 0.2) is 56.6 Å². The molecule has 2 aromatic heterocycles. The minimum atomic E-state index is -0.557. The highest BCUT2D eigenvalue weighted by Crippen LogP contribution is 2.22. The molecule has 0 aliphatic carbocycles. The Morgan fingerprint density at radius 1 is 1.12 bits per heavy atom. The van der Waals surface area contributed by atoms with Gasteiger partial charge in [-0.15, -0.1) is 0 Å². The molecule has 3 rings (SSSR count). The van der Waals surface area contributed by atoms with E-state index in [2.05, 4.69) is 0 Å². The Kier molecular flexibility index (Phi) is 4.52. The van der Waals surface area contributed by atoms with E-state index in [1.807, 2.05) is 19.9 Å². The SMILES string of the molecule is Cc1cc2oc(=O)cc(COC(=O)Cn3ccccc3=O)c2cc1C. The summed E-state index contributed by atoms with van der Waals surface area (Å²) in [6, 6.07) is 9.65. The maximum Gasteiger partial charge on any atom is 0.336 e. The third-order valence-corrected chi connectivity index (χ3v) is 4.03. The van der Waals surface area contributed by atoms with Crippen LogP contribution >= 0.6 is 0 Å². The molecule has 6 nitrogen and oxygen atoms in total. The second kappa shape index (κ2) is 6.76. The van der Waals surface area contributed by atoms with Crippen LogP contribution in [0.3, 0.4) is 0 Å². The van der Waals surface area contributed by atoms with E-state index in [0.29, 0.717) is 11.1 Å². The standard InChI is InChI=1S/C19H17NO5/c1-12-7-15-14(9-18(22)25-16(15)8-13(12)2)11-24-19(23)10-20-6-4-3-5-17(20)21/h3-9H,10-11H2,1-2H3. The van der Waals surface area contributed by atoms with Gasteiger partial charge in [0.2, 0.25) is 0 Å². The van der Waals surface area contributed by atoms with Crippen LogP contribution in [0.2, 0.25) is 0 Å². The van der Waals surface area contributed by atoms with Gasteiger partial charge in [-0.05, 0) is 43.2 Å². The molecule has 1 aromatic carbocycles. The van der Waals surface area contributed by atoms with E-state index in [0.717, 1.165) is 16.5 Å². The van der Waals surface area contributed by atoms with E-state index in [1.165, 1.54) is 22.9 Å².